The van der Waals surface area contributed by atoms with Crippen molar-refractivity contribution in [3.05, 3.63) is 59.2 Å². The quantitative estimate of drug-likeness (QED) is 0.756. The Labute approximate surface area is 158 Å². The number of nitrogens with one attached hydrogen (secondary N) is 1. The average molecular weight is 361 g/mol. The molecule has 6 heteroatoms. The van der Waals surface area contributed by atoms with E-state index in [1.54, 1.807) is 18.2 Å². The van der Waals surface area contributed by atoms with Crippen molar-refractivity contribution in [2.75, 3.05) is 18.5 Å². The molecule has 1 N–H and O–H groups in total. The van der Waals surface area contributed by atoms with Gasteiger partial charge in [0.05, 0.1) is 6.61 Å². The topological polar surface area (TPSA) is 95.1 Å². The number of benzene rings is 2. The Morgan fingerprint density at radius 1 is 1.07 bits per heavy atom. The number of anilines is 1. The van der Waals surface area contributed by atoms with Crippen molar-refractivity contribution in [1.82, 2.24) is 0 Å². The number of allylic oxidation sites excluding steroid dienone is 1. The van der Waals surface area contributed by atoms with Crippen molar-refractivity contribution < 1.29 is 14.3 Å². The van der Waals surface area contributed by atoms with E-state index in [4.69, 9.17) is 20.0 Å². The number of nitrogens with zero attached hydrogens (tertiary/aromatic N) is 2. The van der Waals surface area contributed by atoms with Gasteiger partial charge in [-0.1, -0.05) is 23.8 Å². The van der Waals surface area contributed by atoms with E-state index in [0.29, 0.717) is 29.4 Å². The molecule has 0 unspecified atom stereocenters. The summed E-state index contributed by atoms with van der Waals surface area (Å²) >= 11 is 0. The Morgan fingerprint density at radius 3 is 2.41 bits per heavy atom. The number of ether oxygens (including phenoxy) is 2. The molecule has 0 saturated heterocycles. The zero-order chi connectivity index (χ0) is 19.6. The maximum atomic E-state index is 12.1. The second-order valence-corrected chi connectivity index (χ2v) is 5.62. The molecule has 2 aromatic rings. The molecule has 0 aromatic heterocycles. The largest absolute Gasteiger partial charge is 0.490 e. The zero-order valence-electron chi connectivity index (χ0n) is 15.2. The normalized spacial score (nSPS) is 9.48. The molecule has 2 aromatic carbocycles. The van der Waals surface area contributed by atoms with Crippen molar-refractivity contribution >= 4 is 17.7 Å². The van der Waals surface area contributed by atoms with Gasteiger partial charge in [-0.2, -0.15) is 10.5 Å². The highest BCUT2D eigenvalue weighted by molar-refractivity contribution is 5.91. The monoisotopic (exact) mass is 361 g/mol. The van der Waals surface area contributed by atoms with Crippen molar-refractivity contribution in [1.29, 1.82) is 10.5 Å². The molecule has 6 nitrogen and oxygen atoms in total. The minimum Gasteiger partial charge on any atom is -0.490 e. The van der Waals surface area contributed by atoms with Crippen molar-refractivity contribution in [2.45, 2.75) is 13.8 Å². The van der Waals surface area contributed by atoms with Gasteiger partial charge in [-0.25, -0.2) is 0 Å². The van der Waals surface area contributed by atoms with Gasteiger partial charge in [0.15, 0.2) is 18.1 Å². The van der Waals surface area contributed by atoms with E-state index in [1.807, 2.05) is 50.3 Å². The van der Waals surface area contributed by atoms with Crippen LogP contribution < -0.4 is 14.8 Å². The first-order valence-corrected chi connectivity index (χ1v) is 8.33. The van der Waals surface area contributed by atoms with Gasteiger partial charge in [-0.15, -0.1) is 0 Å². The Balaban J connectivity index is 2.07. The molecular formula is C21H19N3O3. The molecule has 0 saturated carbocycles. The second kappa shape index (κ2) is 9.65. The SMILES string of the molecule is CCOc1cc(C=C(C#N)C#N)ccc1OCC(=O)Nc1ccc(C)cc1. The number of rotatable bonds is 7. The van der Waals surface area contributed by atoms with Crippen LogP contribution in [0.5, 0.6) is 11.5 Å². The third kappa shape index (κ3) is 5.91. The molecule has 0 spiro atoms. The van der Waals surface area contributed by atoms with Crippen LogP contribution >= 0.6 is 0 Å². The van der Waals surface area contributed by atoms with E-state index in [0.717, 1.165) is 5.56 Å². The summed E-state index contributed by atoms with van der Waals surface area (Å²) in [6.07, 6.45) is 1.45. The summed E-state index contributed by atoms with van der Waals surface area (Å²) in [7, 11) is 0. The van der Waals surface area contributed by atoms with Crippen LogP contribution in [0.15, 0.2) is 48.0 Å². The summed E-state index contributed by atoms with van der Waals surface area (Å²) in [5.74, 6) is 0.551. The highest BCUT2D eigenvalue weighted by Gasteiger charge is 2.10. The average Bonchev–Trinajstić information content (AvgIpc) is 2.67. The fourth-order valence-corrected chi connectivity index (χ4v) is 2.24. The van der Waals surface area contributed by atoms with Gasteiger partial charge in [-0.3, -0.25) is 4.79 Å². The highest BCUT2D eigenvalue weighted by Crippen LogP contribution is 2.29. The van der Waals surface area contributed by atoms with E-state index < -0.39 is 0 Å². The van der Waals surface area contributed by atoms with Gasteiger partial charge in [-0.05, 0) is 49.8 Å². The first-order valence-electron chi connectivity index (χ1n) is 8.33. The van der Waals surface area contributed by atoms with Gasteiger partial charge >= 0.3 is 0 Å². The molecule has 1 amide bonds. The molecule has 0 atom stereocenters. The lowest BCUT2D eigenvalue weighted by Crippen LogP contribution is -2.20. The van der Waals surface area contributed by atoms with Gasteiger partial charge in [0.25, 0.3) is 5.91 Å². The summed E-state index contributed by atoms with van der Waals surface area (Å²) in [5.41, 5.74) is 2.42. The third-order valence-corrected chi connectivity index (χ3v) is 3.51. The fraction of sp³-hybridized carbons (Fsp3) is 0.190. The number of carbonyl (C=O) groups excluding carboxylic acids is 1. The summed E-state index contributed by atoms with van der Waals surface area (Å²) in [4.78, 5) is 12.1. The van der Waals surface area contributed by atoms with E-state index >= 15 is 0 Å². The maximum absolute atomic E-state index is 12.1. The number of hydrogen-bond acceptors (Lipinski definition) is 5. The minimum atomic E-state index is -0.290. The van der Waals surface area contributed by atoms with E-state index in [2.05, 4.69) is 5.32 Å². The zero-order valence-corrected chi connectivity index (χ0v) is 15.2. The fourth-order valence-electron chi connectivity index (χ4n) is 2.24. The lowest BCUT2D eigenvalue weighted by Gasteiger charge is -2.13. The molecule has 0 heterocycles. The van der Waals surface area contributed by atoms with E-state index in [1.165, 1.54) is 6.08 Å². The van der Waals surface area contributed by atoms with Crippen LogP contribution in [0.4, 0.5) is 5.69 Å². The minimum absolute atomic E-state index is 0.0106. The number of nitriles is 2. The first kappa shape index (κ1) is 19.6. The van der Waals surface area contributed by atoms with Crippen LogP contribution in [-0.4, -0.2) is 19.1 Å². The third-order valence-electron chi connectivity index (χ3n) is 3.51. The second-order valence-electron chi connectivity index (χ2n) is 5.62. The molecule has 0 fully saturated rings. The van der Waals surface area contributed by atoms with Crippen molar-refractivity contribution in [2.24, 2.45) is 0 Å². The molecular weight excluding hydrogens is 342 g/mol. The van der Waals surface area contributed by atoms with Crippen LogP contribution in [0.1, 0.15) is 18.1 Å². The molecule has 2 rings (SSSR count). The Kier molecular flexibility index (Phi) is 6.99. The summed E-state index contributed by atoms with van der Waals surface area (Å²) in [5, 5.41) is 20.5. The molecule has 27 heavy (non-hydrogen) atoms. The Bertz CT molecular complexity index is 903. The Morgan fingerprint density at radius 2 is 1.78 bits per heavy atom. The Hall–Kier alpha value is -3.77. The van der Waals surface area contributed by atoms with Gasteiger partial charge in [0, 0.05) is 5.69 Å². The lowest BCUT2D eigenvalue weighted by molar-refractivity contribution is -0.118. The maximum Gasteiger partial charge on any atom is 0.262 e. The standard InChI is InChI=1S/C21H19N3O3/c1-3-26-20-11-16(10-17(12-22)13-23)6-9-19(20)27-14-21(25)24-18-7-4-15(2)5-8-18/h4-11H,3,14H2,1-2H3,(H,24,25). The van der Waals surface area contributed by atoms with Crippen molar-refractivity contribution in [3.63, 3.8) is 0 Å². The smallest absolute Gasteiger partial charge is 0.262 e. The predicted octanol–water partition coefficient (Wildman–Crippen LogP) is 3.84. The summed E-state index contributed by atoms with van der Waals surface area (Å²) in [6, 6.07) is 16.1. The number of hydrogen-bond donors (Lipinski definition) is 1. The number of amides is 1. The molecule has 0 radical (unpaired) electrons. The van der Waals surface area contributed by atoms with Crippen LogP contribution in [-0.2, 0) is 4.79 Å². The van der Waals surface area contributed by atoms with Crippen molar-refractivity contribution in [3.8, 4) is 23.6 Å². The van der Waals surface area contributed by atoms with Crippen LogP contribution in [0.3, 0.4) is 0 Å². The summed E-state index contributed by atoms with van der Waals surface area (Å²) < 4.78 is 11.1. The molecule has 0 bridgehead atoms. The van der Waals surface area contributed by atoms with Gasteiger partial charge < -0.3 is 14.8 Å². The van der Waals surface area contributed by atoms with Gasteiger partial charge in [0.2, 0.25) is 0 Å². The van der Waals surface area contributed by atoms with Crippen LogP contribution in [0, 0.1) is 29.6 Å². The molecule has 136 valence electrons. The van der Waals surface area contributed by atoms with E-state index in [-0.39, 0.29) is 18.1 Å². The molecule has 0 aliphatic heterocycles. The highest BCUT2D eigenvalue weighted by atomic mass is 16.5. The number of carbonyl (C=O) groups is 1. The summed E-state index contributed by atoms with van der Waals surface area (Å²) in [6.45, 7) is 4.03. The molecule has 0 aliphatic carbocycles. The number of aryl methyl sites for hydroxylation is 1. The first-order chi connectivity index (χ1) is 13.0. The van der Waals surface area contributed by atoms with E-state index in [9.17, 15) is 4.79 Å². The lowest BCUT2D eigenvalue weighted by atomic mass is 10.1. The predicted molar refractivity (Wildman–Crippen MR) is 102 cm³/mol. The molecule has 0 aliphatic rings. The van der Waals surface area contributed by atoms with Crippen LogP contribution in [0.25, 0.3) is 6.08 Å². The van der Waals surface area contributed by atoms with Gasteiger partial charge in [0.1, 0.15) is 17.7 Å². The van der Waals surface area contributed by atoms with Crippen LogP contribution in [0.2, 0.25) is 0 Å².